The minimum atomic E-state index is 0.264. The van der Waals surface area contributed by atoms with E-state index in [1.54, 1.807) is 25.4 Å². The van der Waals surface area contributed by atoms with Crippen molar-refractivity contribution in [2.24, 2.45) is 16.0 Å². The Labute approximate surface area is 169 Å². The largest absolute Gasteiger partial charge is 0.494 e. The number of nitrogens with two attached hydrogens (primary N) is 1. The average molecular weight is 398 g/mol. The number of pyridine rings is 1. The summed E-state index contributed by atoms with van der Waals surface area (Å²) in [6, 6.07) is 13.2. The smallest absolute Gasteiger partial charge is 0.149 e. The van der Waals surface area contributed by atoms with E-state index in [-0.39, 0.29) is 6.04 Å². The van der Waals surface area contributed by atoms with Crippen molar-refractivity contribution in [1.29, 1.82) is 0 Å². The van der Waals surface area contributed by atoms with Crippen LogP contribution in [0.15, 0.2) is 58.9 Å². The number of anilines is 1. The number of benzene rings is 2. The number of nitrogens with zero attached hydrogens (tertiary/aromatic N) is 3. The number of methoxy groups -OCH3 is 1. The molecule has 0 aliphatic rings. The molecular weight excluding hydrogens is 374 g/mol. The number of fused-ring (bicyclic) bond motifs is 1. The Kier molecular flexibility index (Phi) is 6.79. The van der Waals surface area contributed by atoms with Crippen LogP contribution in [-0.2, 0) is 0 Å². The van der Waals surface area contributed by atoms with Gasteiger partial charge in [0, 0.05) is 28.7 Å². The van der Waals surface area contributed by atoms with E-state index in [9.17, 15) is 0 Å². The van der Waals surface area contributed by atoms with E-state index in [1.165, 1.54) is 0 Å². The molecule has 3 rings (SSSR count). The van der Waals surface area contributed by atoms with Gasteiger partial charge in [0.25, 0.3) is 0 Å². The Morgan fingerprint density at radius 3 is 2.71 bits per heavy atom. The van der Waals surface area contributed by atoms with Crippen molar-refractivity contribution in [2.45, 2.75) is 25.8 Å². The summed E-state index contributed by atoms with van der Waals surface area (Å²) in [5, 5.41) is 13.8. The normalized spacial score (nSPS) is 12.4. The van der Waals surface area contributed by atoms with Gasteiger partial charge in [-0.15, -0.1) is 5.11 Å². The van der Waals surface area contributed by atoms with Gasteiger partial charge in [-0.2, -0.15) is 5.11 Å². The third-order valence-corrected chi connectivity index (χ3v) is 4.63. The molecule has 2 aromatic carbocycles. The first-order valence-electron chi connectivity index (χ1n) is 9.22. The number of hydrogen-bond donors (Lipinski definition) is 2. The highest BCUT2D eigenvalue weighted by atomic mass is 35.5. The lowest BCUT2D eigenvalue weighted by Crippen LogP contribution is -2.17. The highest BCUT2D eigenvalue weighted by molar-refractivity contribution is 6.30. The quantitative estimate of drug-likeness (QED) is 0.467. The van der Waals surface area contributed by atoms with Crippen molar-refractivity contribution >= 4 is 39.6 Å². The van der Waals surface area contributed by atoms with Crippen molar-refractivity contribution in [3.8, 4) is 5.75 Å². The third-order valence-electron chi connectivity index (χ3n) is 4.38. The van der Waals surface area contributed by atoms with Gasteiger partial charge in [0.05, 0.1) is 24.0 Å². The van der Waals surface area contributed by atoms with E-state index < -0.39 is 0 Å². The predicted octanol–water partition coefficient (Wildman–Crippen LogP) is 5.85. The monoisotopic (exact) mass is 397 g/mol. The van der Waals surface area contributed by atoms with Crippen LogP contribution >= 0.6 is 11.6 Å². The molecular formula is C21H24ClN5O. The minimum absolute atomic E-state index is 0.264. The van der Waals surface area contributed by atoms with E-state index in [4.69, 9.17) is 22.1 Å². The fraction of sp³-hybridized carbons (Fsp3) is 0.286. The van der Waals surface area contributed by atoms with Crippen molar-refractivity contribution in [3.63, 3.8) is 0 Å². The predicted molar refractivity (Wildman–Crippen MR) is 115 cm³/mol. The molecule has 0 aliphatic heterocycles. The van der Waals surface area contributed by atoms with Crippen molar-refractivity contribution in [2.75, 3.05) is 19.0 Å². The lowest BCUT2D eigenvalue weighted by molar-refractivity contribution is 0.416. The topological polar surface area (TPSA) is 84.9 Å². The van der Waals surface area contributed by atoms with Gasteiger partial charge in [-0.3, -0.25) is 4.98 Å². The first-order valence-corrected chi connectivity index (χ1v) is 9.59. The molecule has 28 heavy (non-hydrogen) atoms. The minimum Gasteiger partial charge on any atom is -0.494 e. The molecule has 3 aromatic rings. The Morgan fingerprint density at radius 2 is 2.00 bits per heavy atom. The molecule has 0 fully saturated rings. The maximum atomic E-state index is 5.93. The van der Waals surface area contributed by atoms with Crippen molar-refractivity contribution in [1.82, 2.24) is 4.98 Å². The molecule has 0 amide bonds. The number of halogens is 1. The summed E-state index contributed by atoms with van der Waals surface area (Å²) in [4.78, 5) is 4.56. The van der Waals surface area contributed by atoms with Gasteiger partial charge in [-0.25, -0.2) is 0 Å². The molecule has 1 aromatic heterocycles. The first kappa shape index (κ1) is 20.0. The van der Waals surface area contributed by atoms with Gasteiger partial charge < -0.3 is 15.8 Å². The van der Waals surface area contributed by atoms with Crippen LogP contribution in [0.4, 0.5) is 17.1 Å². The van der Waals surface area contributed by atoms with E-state index in [0.29, 0.717) is 28.7 Å². The average Bonchev–Trinajstić information content (AvgIpc) is 2.72. The second-order valence-electron chi connectivity index (χ2n) is 6.53. The van der Waals surface area contributed by atoms with Gasteiger partial charge in [0.2, 0.25) is 0 Å². The van der Waals surface area contributed by atoms with Crippen LogP contribution in [0.2, 0.25) is 5.02 Å². The highest BCUT2D eigenvalue weighted by Crippen LogP contribution is 2.40. The summed E-state index contributed by atoms with van der Waals surface area (Å²) < 4.78 is 5.60. The van der Waals surface area contributed by atoms with E-state index in [1.807, 2.05) is 30.3 Å². The SMILES string of the molecule is COc1cc(NC(C)CCCN)c2ncccc2c1N=Nc1ccc(Cl)cc1. The van der Waals surface area contributed by atoms with Gasteiger partial charge in [-0.05, 0) is 62.7 Å². The zero-order valence-electron chi connectivity index (χ0n) is 16.0. The van der Waals surface area contributed by atoms with Crippen molar-refractivity contribution in [3.05, 3.63) is 53.7 Å². The summed E-state index contributed by atoms with van der Waals surface area (Å²) in [6.45, 7) is 2.81. The van der Waals surface area contributed by atoms with Crippen LogP contribution in [0.3, 0.4) is 0 Å². The van der Waals surface area contributed by atoms with Crippen LogP contribution in [-0.4, -0.2) is 24.7 Å². The molecule has 0 bridgehead atoms. The van der Waals surface area contributed by atoms with E-state index in [0.717, 1.165) is 29.4 Å². The third kappa shape index (κ3) is 4.77. The molecule has 1 unspecified atom stereocenters. The number of hydrogen-bond acceptors (Lipinski definition) is 6. The number of aromatic nitrogens is 1. The molecule has 7 heteroatoms. The van der Waals surface area contributed by atoms with Gasteiger partial charge in [-0.1, -0.05) is 11.6 Å². The van der Waals surface area contributed by atoms with Crippen LogP contribution in [0, 0.1) is 0 Å². The number of nitrogens with one attached hydrogen (secondary N) is 1. The molecule has 0 radical (unpaired) electrons. The van der Waals surface area contributed by atoms with Crippen LogP contribution in [0.5, 0.6) is 5.75 Å². The molecule has 0 saturated heterocycles. The molecule has 1 atom stereocenters. The van der Waals surface area contributed by atoms with Crippen molar-refractivity contribution < 1.29 is 4.74 Å². The summed E-state index contributed by atoms with van der Waals surface area (Å²) in [5.41, 5.74) is 8.71. The van der Waals surface area contributed by atoms with Crippen LogP contribution in [0.1, 0.15) is 19.8 Å². The highest BCUT2D eigenvalue weighted by Gasteiger charge is 2.15. The Hall–Kier alpha value is -2.70. The molecule has 0 saturated carbocycles. The summed E-state index contributed by atoms with van der Waals surface area (Å²) in [5.74, 6) is 0.631. The summed E-state index contributed by atoms with van der Waals surface area (Å²) in [6.07, 6.45) is 3.71. The molecule has 1 heterocycles. The van der Waals surface area contributed by atoms with E-state index in [2.05, 4.69) is 27.5 Å². The summed E-state index contributed by atoms with van der Waals surface area (Å²) in [7, 11) is 1.63. The molecule has 146 valence electrons. The van der Waals surface area contributed by atoms with Gasteiger partial charge >= 0.3 is 0 Å². The zero-order valence-corrected chi connectivity index (χ0v) is 16.8. The maximum Gasteiger partial charge on any atom is 0.149 e. The van der Waals surface area contributed by atoms with Crippen LogP contribution in [0.25, 0.3) is 10.9 Å². The number of azo groups is 1. The standard InChI is InChI=1S/C21H24ClN5O/c1-14(5-3-11-23)25-18-13-19(28-2)21(17-6-4-12-24-20(17)18)27-26-16-9-7-15(22)8-10-16/h4,6-10,12-14,25H,3,5,11,23H2,1-2H3. The number of ether oxygens (including phenoxy) is 1. The van der Waals surface area contributed by atoms with Gasteiger partial charge in [0.15, 0.2) is 0 Å². The second kappa shape index (κ2) is 9.48. The molecule has 6 nitrogen and oxygen atoms in total. The van der Waals surface area contributed by atoms with Gasteiger partial charge in [0.1, 0.15) is 11.4 Å². The second-order valence-corrected chi connectivity index (χ2v) is 6.96. The lowest BCUT2D eigenvalue weighted by atomic mass is 10.1. The number of rotatable bonds is 8. The Morgan fingerprint density at radius 1 is 1.21 bits per heavy atom. The fourth-order valence-electron chi connectivity index (χ4n) is 2.96. The molecule has 0 aliphatic carbocycles. The van der Waals surface area contributed by atoms with Crippen LogP contribution < -0.4 is 15.8 Å². The first-order chi connectivity index (χ1) is 13.6. The zero-order chi connectivity index (χ0) is 19.9. The Bertz CT molecular complexity index is 959. The van der Waals surface area contributed by atoms with E-state index >= 15 is 0 Å². The maximum absolute atomic E-state index is 5.93. The summed E-state index contributed by atoms with van der Waals surface area (Å²) >= 11 is 5.93. The lowest BCUT2D eigenvalue weighted by Gasteiger charge is -2.18. The molecule has 0 spiro atoms. The Balaban J connectivity index is 2.01. The molecule has 3 N–H and O–H groups in total. The fourth-order valence-corrected chi connectivity index (χ4v) is 3.08.